The Morgan fingerprint density at radius 1 is 1.15 bits per heavy atom. The summed E-state index contributed by atoms with van der Waals surface area (Å²) in [5.41, 5.74) is 2.36. The molecular weight excluding hydrogens is 324 g/mol. The summed E-state index contributed by atoms with van der Waals surface area (Å²) in [5, 5.41) is 6.79. The van der Waals surface area contributed by atoms with Gasteiger partial charge in [-0.25, -0.2) is 0 Å². The summed E-state index contributed by atoms with van der Waals surface area (Å²) in [5.74, 6) is 1.78. The van der Waals surface area contributed by atoms with Crippen molar-refractivity contribution in [3.63, 3.8) is 0 Å². The SMILES string of the molecule is CCN(CC)CCCCNC(=NC)NCc1ccc(C)cc1OC(C)C. The van der Waals surface area contributed by atoms with Crippen LogP contribution < -0.4 is 15.4 Å². The third-order valence-electron chi connectivity index (χ3n) is 4.34. The Morgan fingerprint density at radius 2 is 1.88 bits per heavy atom. The number of hydrogen-bond acceptors (Lipinski definition) is 3. The maximum Gasteiger partial charge on any atom is 0.191 e. The van der Waals surface area contributed by atoms with Gasteiger partial charge >= 0.3 is 0 Å². The Labute approximate surface area is 160 Å². The summed E-state index contributed by atoms with van der Waals surface area (Å²) in [6, 6.07) is 6.34. The van der Waals surface area contributed by atoms with E-state index < -0.39 is 0 Å². The van der Waals surface area contributed by atoms with Gasteiger partial charge in [0.25, 0.3) is 0 Å². The van der Waals surface area contributed by atoms with Crippen molar-refractivity contribution in [1.29, 1.82) is 0 Å². The number of nitrogens with one attached hydrogen (secondary N) is 2. The van der Waals surface area contributed by atoms with Gasteiger partial charge in [0.1, 0.15) is 5.75 Å². The fraction of sp³-hybridized carbons (Fsp3) is 0.667. The second-order valence-corrected chi connectivity index (χ2v) is 6.86. The van der Waals surface area contributed by atoms with Crippen LogP contribution in [0.15, 0.2) is 23.2 Å². The number of aliphatic imine (C=N–C) groups is 1. The van der Waals surface area contributed by atoms with Gasteiger partial charge in [-0.05, 0) is 64.9 Å². The monoisotopic (exact) mass is 362 g/mol. The van der Waals surface area contributed by atoms with E-state index in [1.807, 2.05) is 7.05 Å². The lowest BCUT2D eigenvalue weighted by atomic mass is 10.1. The van der Waals surface area contributed by atoms with Gasteiger partial charge in [0.15, 0.2) is 5.96 Å². The van der Waals surface area contributed by atoms with Crippen LogP contribution in [-0.2, 0) is 6.54 Å². The third-order valence-corrected chi connectivity index (χ3v) is 4.34. The summed E-state index contributed by atoms with van der Waals surface area (Å²) in [6.07, 6.45) is 2.51. The fourth-order valence-electron chi connectivity index (χ4n) is 2.78. The van der Waals surface area contributed by atoms with Crippen molar-refractivity contribution >= 4 is 5.96 Å². The average Bonchev–Trinajstić information content (AvgIpc) is 2.61. The predicted octanol–water partition coefficient (Wildman–Crippen LogP) is 3.57. The molecule has 1 rings (SSSR count). The summed E-state index contributed by atoms with van der Waals surface area (Å²) < 4.78 is 5.94. The lowest BCUT2D eigenvalue weighted by molar-refractivity contribution is 0.239. The summed E-state index contributed by atoms with van der Waals surface area (Å²) in [6.45, 7) is 15.7. The molecule has 0 aromatic heterocycles. The normalized spacial score (nSPS) is 11.9. The Hall–Kier alpha value is -1.75. The Morgan fingerprint density at radius 3 is 2.50 bits per heavy atom. The minimum atomic E-state index is 0.166. The first kappa shape index (κ1) is 22.3. The van der Waals surface area contributed by atoms with E-state index in [0.717, 1.165) is 43.3 Å². The van der Waals surface area contributed by atoms with Gasteiger partial charge in [-0.15, -0.1) is 0 Å². The summed E-state index contributed by atoms with van der Waals surface area (Å²) in [4.78, 5) is 6.78. The van der Waals surface area contributed by atoms with Crippen molar-refractivity contribution in [3.8, 4) is 5.75 Å². The number of unbranched alkanes of at least 4 members (excludes halogenated alkanes) is 1. The highest BCUT2D eigenvalue weighted by molar-refractivity contribution is 5.79. The Bertz CT molecular complexity index is 539. The van der Waals surface area contributed by atoms with Crippen LogP contribution in [0.3, 0.4) is 0 Å². The molecular formula is C21H38N4O. The topological polar surface area (TPSA) is 48.9 Å². The van der Waals surface area contributed by atoms with E-state index in [1.54, 1.807) is 0 Å². The van der Waals surface area contributed by atoms with Crippen molar-refractivity contribution in [2.24, 2.45) is 4.99 Å². The molecule has 0 bridgehead atoms. The quantitative estimate of drug-likeness (QED) is 0.359. The number of aryl methyl sites for hydroxylation is 1. The lowest BCUT2D eigenvalue weighted by Gasteiger charge is -2.18. The fourth-order valence-corrected chi connectivity index (χ4v) is 2.78. The first-order valence-corrected chi connectivity index (χ1v) is 9.93. The standard InChI is InChI=1S/C21H38N4O/c1-7-25(8-2)14-10-9-13-23-21(22-6)24-16-19-12-11-18(5)15-20(19)26-17(3)4/h11-12,15,17H,7-10,13-14,16H2,1-6H3,(H2,22,23,24). The molecule has 0 aliphatic heterocycles. The molecule has 0 heterocycles. The minimum Gasteiger partial charge on any atom is -0.491 e. The van der Waals surface area contributed by atoms with Crippen LogP contribution in [0.2, 0.25) is 0 Å². The number of guanidine groups is 1. The van der Waals surface area contributed by atoms with E-state index in [1.165, 1.54) is 18.5 Å². The second-order valence-electron chi connectivity index (χ2n) is 6.86. The van der Waals surface area contributed by atoms with Gasteiger partial charge in [-0.1, -0.05) is 26.0 Å². The molecule has 0 radical (unpaired) electrons. The molecule has 0 aliphatic rings. The van der Waals surface area contributed by atoms with Crippen molar-refractivity contribution in [2.75, 3.05) is 33.2 Å². The molecule has 0 saturated heterocycles. The van der Waals surface area contributed by atoms with Gasteiger partial charge in [-0.3, -0.25) is 4.99 Å². The maximum atomic E-state index is 5.94. The van der Waals surface area contributed by atoms with Crippen molar-refractivity contribution in [1.82, 2.24) is 15.5 Å². The number of hydrogen-bond donors (Lipinski definition) is 2. The van der Waals surface area contributed by atoms with Crippen LogP contribution in [0.5, 0.6) is 5.75 Å². The number of rotatable bonds is 11. The van der Waals surface area contributed by atoms with E-state index >= 15 is 0 Å². The number of ether oxygens (including phenoxy) is 1. The molecule has 2 N–H and O–H groups in total. The minimum absolute atomic E-state index is 0.166. The molecule has 26 heavy (non-hydrogen) atoms. The highest BCUT2D eigenvalue weighted by Crippen LogP contribution is 2.21. The highest BCUT2D eigenvalue weighted by Gasteiger charge is 2.07. The molecule has 0 fully saturated rings. The summed E-state index contributed by atoms with van der Waals surface area (Å²) in [7, 11) is 1.81. The van der Waals surface area contributed by atoms with Crippen molar-refractivity contribution < 1.29 is 4.74 Å². The molecule has 1 aromatic carbocycles. The molecule has 5 nitrogen and oxygen atoms in total. The predicted molar refractivity (Wildman–Crippen MR) is 112 cm³/mol. The van der Waals surface area contributed by atoms with Gasteiger partial charge in [0, 0.05) is 25.7 Å². The van der Waals surface area contributed by atoms with Crippen molar-refractivity contribution in [2.45, 2.75) is 60.1 Å². The maximum absolute atomic E-state index is 5.94. The first-order valence-electron chi connectivity index (χ1n) is 9.93. The highest BCUT2D eigenvalue weighted by atomic mass is 16.5. The van der Waals surface area contributed by atoms with E-state index in [4.69, 9.17) is 4.74 Å². The third kappa shape index (κ3) is 8.56. The average molecular weight is 363 g/mol. The van der Waals surface area contributed by atoms with Gasteiger partial charge < -0.3 is 20.3 Å². The zero-order valence-electron chi connectivity index (χ0n) is 17.6. The molecule has 0 saturated carbocycles. The molecule has 0 spiro atoms. The first-order chi connectivity index (χ1) is 12.5. The molecule has 0 atom stereocenters. The number of benzene rings is 1. The molecule has 148 valence electrons. The lowest BCUT2D eigenvalue weighted by Crippen LogP contribution is -2.37. The van der Waals surface area contributed by atoms with Crippen LogP contribution in [0.1, 0.15) is 51.7 Å². The van der Waals surface area contributed by atoms with Gasteiger partial charge in [0.05, 0.1) is 6.10 Å². The van der Waals surface area contributed by atoms with Crippen molar-refractivity contribution in [3.05, 3.63) is 29.3 Å². The second kappa shape index (κ2) is 12.6. The largest absolute Gasteiger partial charge is 0.491 e. The molecule has 1 aromatic rings. The zero-order chi connectivity index (χ0) is 19.4. The molecule has 0 aliphatic carbocycles. The molecule has 0 amide bonds. The van der Waals surface area contributed by atoms with E-state index in [9.17, 15) is 0 Å². The molecule has 0 unspecified atom stereocenters. The summed E-state index contributed by atoms with van der Waals surface area (Å²) >= 11 is 0. The van der Waals surface area contributed by atoms with Crippen LogP contribution in [0, 0.1) is 6.92 Å². The van der Waals surface area contributed by atoms with Crippen LogP contribution >= 0.6 is 0 Å². The smallest absolute Gasteiger partial charge is 0.191 e. The van der Waals surface area contributed by atoms with Crippen LogP contribution in [0.25, 0.3) is 0 Å². The van der Waals surface area contributed by atoms with E-state index in [0.29, 0.717) is 6.54 Å². The zero-order valence-corrected chi connectivity index (χ0v) is 17.6. The van der Waals surface area contributed by atoms with Crippen LogP contribution in [-0.4, -0.2) is 50.2 Å². The Balaban J connectivity index is 2.42. The van der Waals surface area contributed by atoms with Gasteiger partial charge in [-0.2, -0.15) is 0 Å². The van der Waals surface area contributed by atoms with E-state index in [2.05, 4.69) is 73.3 Å². The van der Waals surface area contributed by atoms with Gasteiger partial charge in [0.2, 0.25) is 0 Å². The Kier molecular flexibility index (Phi) is 10.8. The molecule has 5 heteroatoms. The van der Waals surface area contributed by atoms with Crippen LogP contribution in [0.4, 0.5) is 0 Å². The van der Waals surface area contributed by atoms with E-state index in [-0.39, 0.29) is 6.10 Å². The number of nitrogens with zero attached hydrogens (tertiary/aromatic N) is 2.